The van der Waals surface area contributed by atoms with Gasteiger partial charge in [-0.05, 0) is 159 Å². The minimum absolute atomic E-state index is 0. The largest absolute Gasteiger partial charge is 1.00 e. The SMILES string of the molecule is CC(=O)NC(CCC(=O)NC(CC[C-]=O)(CC[C-]=O)CCC(=O)[O-])(CCC(=O)NC(CCC(=O)[O-])(CCC(=O)[O-])CCC(=O)[O-])CCC(=O)NC(CCC(=O)[O-])(CCC(=O)[O-])CCC(=O)[O-].CC(C)(C)C(CCC(=O)[O-])(CCC(=O)[O-])CCC(=O)[O-].[Na+].[Na+].[Na+].[Na+].[Na+].[Na+].[Na+].[Na+].[Na+].[Na+].[Na+].[Na+].[OH-].[OH-]. The van der Waals surface area contributed by atoms with Gasteiger partial charge in [0.1, 0.15) is 0 Å². The molecule has 0 aromatic heterocycles. The van der Waals surface area contributed by atoms with E-state index in [1.54, 1.807) is 12.6 Å². The molecule has 0 aliphatic heterocycles. The van der Waals surface area contributed by atoms with E-state index < -0.39 is 238 Å². The van der Waals surface area contributed by atoms with Crippen LogP contribution < -0.4 is 427 Å². The van der Waals surface area contributed by atoms with Crippen LogP contribution in [0.5, 0.6) is 0 Å². The molecule has 4 amide bonds. The van der Waals surface area contributed by atoms with Crippen LogP contribution in [-0.2, 0) is 76.7 Å². The average Bonchev–Trinajstić information content (AvgIpc) is 0.814. The van der Waals surface area contributed by atoms with Gasteiger partial charge in [-0.15, -0.1) is 0 Å². The fourth-order valence-corrected chi connectivity index (χ4v) is 10.3. The van der Waals surface area contributed by atoms with Gasteiger partial charge in [0, 0.05) is 108 Å². The molecule has 0 spiro atoms. The number of carbonyl (C=O) groups excluding carboxylic acids is 16. The van der Waals surface area contributed by atoms with Gasteiger partial charge >= 0.3 is 355 Å². The first-order chi connectivity index (χ1) is 39.8. The Balaban J connectivity index is -0.000000129. The zero-order valence-corrected chi connectivity index (χ0v) is 85.7. The van der Waals surface area contributed by atoms with Crippen molar-refractivity contribution in [1.82, 2.24) is 21.3 Å². The summed E-state index contributed by atoms with van der Waals surface area (Å²) in [6.45, 7) is 6.55. The summed E-state index contributed by atoms with van der Waals surface area (Å²) in [5, 5.41) is 122. The van der Waals surface area contributed by atoms with Gasteiger partial charge in [0.2, 0.25) is 23.6 Å². The molecule has 32 nitrogen and oxygen atoms in total. The molecule has 0 saturated carbocycles. The maximum atomic E-state index is 13.7. The van der Waals surface area contributed by atoms with Gasteiger partial charge in [0.05, 0.1) is 0 Å². The molecule has 0 aromatic carbocycles. The molecule has 0 saturated heterocycles. The van der Waals surface area contributed by atoms with Gasteiger partial charge < -0.3 is 141 Å². The second kappa shape index (κ2) is 76.8. The van der Waals surface area contributed by atoms with Crippen molar-refractivity contribution >= 4 is 95.9 Å². The molecule has 100 heavy (non-hydrogen) atoms. The summed E-state index contributed by atoms with van der Waals surface area (Å²) in [6, 6.07) is 0. The van der Waals surface area contributed by atoms with E-state index >= 15 is 0 Å². The van der Waals surface area contributed by atoms with Crippen LogP contribution in [0, 0.1) is 10.8 Å². The number of hydrogen-bond donors (Lipinski definition) is 4. The number of nitrogens with one attached hydrogen (secondary N) is 4. The molecule has 0 aliphatic rings. The summed E-state index contributed by atoms with van der Waals surface area (Å²) in [4.78, 5) is 188. The standard InChI is InChI=1S/C42H62N4O20.C14H24O6.12Na.2H2O/c1-28(49)43-40(16-4-29(50)44-39(14-2-26-47,15-3-27-48)19-7-32(53)54,17-5-30(51)45-41(20-8-33(55)56,21-9-34(57)58)22-10-35(59)60)18-6-31(52)46-42(23-11-36(61)62,24-12-37(63)64)25-13-38(65)66;1-13(2,3)14(7-4-10(15)16,8-5-11(17)18)9-6-12(19)20;;;;;;;;;;;;;;/h2-25H2,1H3,(H,43,49)(H,44,50)(H,45,51)(H,46,52)(H,53,54)(H,55,56)(H,57,58)(H,59,60)(H,61,62)(H,63,64)(H,65,66);4-9H2,1-3H3,(H,15,16)(H,17,18)(H,19,20);;;;;;;;;;;;;2*1H2/q-2;;12*+1;;/p-12. The van der Waals surface area contributed by atoms with Gasteiger partial charge in [-0.2, -0.15) is 12.8 Å². The van der Waals surface area contributed by atoms with Gasteiger partial charge in [-0.1, -0.05) is 33.6 Å². The van der Waals surface area contributed by atoms with Crippen LogP contribution in [-0.4, -0.2) is 129 Å². The maximum absolute atomic E-state index is 13.7. The van der Waals surface area contributed by atoms with Crippen molar-refractivity contribution in [3.63, 3.8) is 0 Å². The Kier molecular flexibility index (Phi) is 109. The van der Waals surface area contributed by atoms with Crippen molar-refractivity contribution in [3.05, 3.63) is 0 Å². The smallest absolute Gasteiger partial charge is 0.870 e. The minimum atomic E-state index is -1.80. The number of amides is 4. The molecular weight excluding hydrogens is 1450 g/mol. The van der Waals surface area contributed by atoms with Crippen molar-refractivity contribution in [3.8, 4) is 0 Å². The zero-order chi connectivity index (χ0) is 66.5. The van der Waals surface area contributed by atoms with Crippen LogP contribution in [0.2, 0.25) is 0 Å². The van der Waals surface area contributed by atoms with Gasteiger partial charge in [0.25, 0.3) is 0 Å². The van der Waals surface area contributed by atoms with E-state index in [0.717, 1.165) is 6.92 Å². The molecule has 0 atom stereocenters. The van der Waals surface area contributed by atoms with Crippen LogP contribution >= 0.6 is 0 Å². The molecular formula is C56H78N4Na12O28-2. The topological polar surface area (TPSA) is 612 Å². The monoisotopic (exact) mass is 1530 g/mol. The van der Waals surface area contributed by atoms with E-state index in [-0.39, 0.29) is 436 Å². The Morgan fingerprint density at radius 3 is 0.560 bits per heavy atom. The molecule has 0 fully saturated rings. The van der Waals surface area contributed by atoms with E-state index in [1.807, 2.05) is 20.8 Å². The normalized spacial score (nSPS) is 10.1. The fraction of sp³-hybridized carbons (Fsp3) is 0.714. The second-order valence-electron chi connectivity index (χ2n) is 22.5. The van der Waals surface area contributed by atoms with Crippen LogP contribution in [0.25, 0.3) is 0 Å². The summed E-state index contributed by atoms with van der Waals surface area (Å²) < 4.78 is 0. The van der Waals surface area contributed by atoms with E-state index in [0.29, 0.717) is 0 Å². The van der Waals surface area contributed by atoms with Crippen molar-refractivity contribution in [1.29, 1.82) is 0 Å². The molecule has 0 bridgehead atoms. The number of rotatable bonds is 49. The van der Waals surface area contributed by atoms with E-state index in [9.17, 15) is 128 Å². The molecule has 0 unspecified atom stereocenters. The Labute approximate surface area is 848 Å². The second-order valence-corrected chi connectivity index (χ2v) is 22.5. The van der Waals surface area contributed by atoms with E-state index in [2.05, 4.69) is 21.3 Å². The van der Waals surface area contributed by atoms with E-state index in [4.69, 9.17) is 0 Å². The number of carbonyl (C=O) groups is 14. The van der Waals surface area contributed by atoms with Crippen LogP contribution in [0.15, 0.2) is 0 Å². The van der Waals surface area contributed by atoms with Crippen LogP contribution in [0.4, 0.5) is 0 Å². The van der Waals surface area contributed by atoms with Crippen molar-refractivity contribution in [2.75, 3.05) is 0 Å². The number of aliphatic carboxylic acids is 10. The average molecular weight is 1530 g/mol. The molecule has 0 aliphatic carbocycles. The molecule has 0 heterocycles. The number of carboxylic acid groups (broad SMARTS) is 10. The maximum Gasteiger partial charge on any atom is 1.00 e. The summed E-state index contributed by atoms with van der Waals surface area (Å²) in [5.41, 5.74) is -8.04. The summed E-state index contributed by atoms with van der Waals surface area (Å²) in [7, 11) is 0. The summed E-state index contributed by atoms with van der Waals surface area (Å²) >= 11 is 0. The first-order valence-corrected chi connectivity index (χ1v) is 27.7. The third kappa shape index (κ3) is 70.9. The molecule has 504 valence electrons. The third-order valence-corrected chi connectivity index (χ3v) is 15.2. The molecule has 44 heteroatoms. The van der Waals surface area contributed by atoms with Crippen molar-refractivity contribution in [2.45, 2.75) is 242 Å². The minimum Gasteiger partial charge on any atom is -0.870 e. The Morgan fingerprint density at radius 2 is 0.410 bits per heavy atom. The van der Waals surface area contributed by atoms with Gasteiger partial charge in [0.15, 0.2) is 0 Å². The fourth-order valence-electron chi connectivity index (χ4n) is 10.3. The Hall–Kier alpha value is 3.84. The predicted octanol–water partition coefficient (Wildman–Crippen LogP) is -45.4. The first-order valence-electron chi connectivity index (χ1n) is 27.7. The quantitative estimate of drug-likeness (QED) is 0.0325. The summed E-state index contributed by atoms with van der Waals surface area (Å²) in [6.07, 6.45) is -9.84. The number of hydrogen-bond acceptors (Lipinski definition) is 28. The van der Waals surface area contributed by atoms with Crippen LogP contribution in [0.1, 0.15) is 220 Å². The van der Waals surface area contributed by atoms with Gasteiger partial charge in [-0.25, -0.2) is 0 Å². The molecule has 6 N–H and O–H groups in total. The summed E-state index contributed by atoms with van der Waals surface area (Å²) in [5.74, 6) is -18.6. The van der Waals surface area contributed by atoms with Crippen molar-refractivity contribution in [2.24, 2.45) is 10.8 Å². The first kappa shape index (κ1) is 142. The third-order valence-electron chi connectivity index (χ3n) is 15.2. The zero-order valence-electron chi connectivity index (χ0n) is 61.7. The Bertz CT molecular complexity index is 2190. The molecule has 0 aromatic rings. The predicted molar refractivity (Wildman–Crippen MR) is 275 cm³/mol. The molecule has 0 radical (unpaired) electrons. The van der Waals surface area contributed by atoms with Crippen LogP contribution in [0.3, 0.4) is 0 Å². The molecule has 0 rings (SSSR count). The van der Waals surface area contributed by atoms with E-state index in [1.165, 1.54) is 0 Å². The van der Waals surface area contributed by atoms with Crippen molar-refractivity contribution < 1.29 is 493 Å². The van der Waals surface area contributed by atoms with Gasteiger partial charge in [-0.3, -0.25) is 31.8 Å². The Morgan fingerprint density at radius 1 is 0.260 bits per heavy atom. The number of carboxylic acids is 10.